The van der Waals surface area contributed by atoms with Crippen LogP contribution < -0.4 is 5.32 Å². The Morgan fingerprint density at radius 3 is 2.04 bits per heavy atom. The van der Waals surface area contributed by atoms with Crippen LogP contribution >= 0.6 is 0 Å². The summed E-state index contributed by atoms with van der Waals surface area (Å²) in [5, 5.41) is 4.06. The highest BCUT2D eigenvalue weighted by Gasteiger charge is 2.36. The van der Waals surface area contributed by atoms with Gasteiger partial charge in [-0.1, -0.05) is 77.4 Å². The molecule has 0 amide bonds. The van der Waals surface area contributed by atoms with E-state index in [1.165, 1.54) is 5.56 Å². The third-order valence-corrected chi connectivity index (χ3v) is 10.4. The van der Waals surface area contributed by atoms with E-state index >= 15 is 0 Å². The summed E-state index contributed by atoms with van der Waals surface area (Å²) in [7, 11) is -1.68. The second kappa shape index (κ2) is 10.4. The van der Waals surface area contributed by atoms with Gasteiger partial charge in [0.05, 0.1) is 6.04 Å². The van der Waals surface area contributed by atoms with Gasteiger partial charge in [-0.25, -0.2) is 0 Å². The molecule has 0 aromatic heterocycles. The number of nitrogens with one attached hydrogen (secondary N) is 1. The molecular weight excluding hydrogens is 334 g/mol. The Bertz CT molecular complexity index is 551. The average Bonchev–Trinajstić information content (AvgIpc) is 2.60. The monoisotopic (exact) mass is 375 g/mol. The van der Waals surface area contributed by atoms with E-state index < -0.39 is 8.32 Å². The van der Waals surface area contributed by atoms with Crippen molar-refractivity contribution in [3.05, 3.63) is 47.0 Å². The molecule has 0 spiro atoms. The standard InChI is InChI=1S/C23H41NOSi/c1-9-19(10-2)21(11-3)22(20-15-13-12-14-16-20)24-17-18-25-26(7,8)23(4,5)6/h12-16,22,24H,9-11,17-18H2,1-8H3/t22-/m0/s1. The second-order valence-corrected chi connectivity index (χ2v) is 13.4. The Balaban J connectivity index is 2.90. The third kappa shape index (κ3) is 6.36. The van der Waals surface area contributed by atoms with Crippen LogP contribution in [-0.2, 0) is 4.43 Å². The maximum atomic E-state index is 6.37. The van der Waals surface area contributed by atoms with Crippen molar-refractivity contribution in [2.24, 2.45) is 0 Å². The van der Waals surface area contributed by atoms with E-state index in [-0.39, 0.29) is 5.04 Å². The highest BCUT2D eigenvalue weighted by Crippen LogP contribution is 2.36. The van der Waals surface area contributed by atoms with E-state index in [4.69, 9.17) is 4.43 Å². The number of hydrogen-bond donors (Lipinski definition) is 1. The molecule has 0 fully saturated rings. The molecule has 0 radical (unpaired) electrons. The van der Waals surface area contributed by atoms with Crippen LogP contribution in [0.5, 0.6) is 0 Å². The number of benzene rings is 1. The zero-order chi connectivity index (χ0) is 19.8. The molecule has 0 saturated carbocycles. The van der Waals surface area contributed by atoms with E-state index in [1.54, 1.807) is 11.1 Å². The predicted octanol–water partition coefficient (Wildman–Crippen LogP) is 6.87. The Morgan fingerprint density at radius 2 is 1.58 bits per heavy atom. The molecule has 148 valence electrons. The summed E-state index contributed by atoms with van der Waals surface area (Å²) in [6.45, 7) is 20.0. The topological polar surface area (TPSA) is 21.3 Å². The lowest BCUT2D eigenvalue weighted by atomic mass is 9.90. The molecule has 0 saturated heterocycles. The van der Waals surface area contributed by atoms with Gasteiger partial charge in [0.1, 0.15) is 0 Å². The summed E-state index contributed by atoms with van der Waals surface area (Å²) in [4.78, 5) is 0. The van der Waals surface area contributed by atoms with Gasteiger partial charge in [0, 0.05) is 13.2 Å². The van der Waals surface area contributed by atoms with Crippen molar-refractivity contribution in [1.29, 1.82) is 0 Å². The molecule has 0 aliphatic rings. The minimum Gasteiger partial charge on any atom is -0.416 e. The molecule has 1 aromatic rings. The molecule has 1 atom stereocenters. The fourth-order valence-electron chi connectivity index (χ4n) is 3.18. The Morgan fingerprint density at radius 1 is 1.00 bits per heavy atom. The van der Waals surface area contributed by atoms with Gasteiger partial charge in [0.15, 0.2) is 8.32 Å². The average molecular weight is 376 g/mol. The summed E-state index contributed by atoms with van der Waals surface area (Å²) < 4.78 is 6.37. The maximum Gasteiger partial charge on any atom is 0.192 e. The minimum absolute atomic E-state index is 0.262. The first kappa shape index (κ1) is 23.1. The van der Waals surface area contributed by atoms with E-state index in [9.17, 15) is 0 Å². The zero-order valence-corrected chi connectivity index (χ0v) is 19.4. The van der Waals surface area contributed by atoms with Crippen molar-refractivity contribution < 1.29 is 4.43 Å². The van der Waals surface area contributed by atoms with Gasteiger partial charge >= 0.3 is 0 Å². The van der Waals surface area contributed by atoms with Crippen LogP contribution in [0.1, 0.15) is 72.4 Å². The molecule has 26 heavy (non-hydrogen) atoms. The van der Waals surface area contributed by atoms with Crippen LogP contribution in [0, 0.1) is 0 Å². The van der Waals surface area contributed by atoms with Gasteiger partial charge < -0.3 is 9.74 Å². The lowest BCUT2D eigenvalue weighted by Crippen LogP contribution is -2.42. The molecule has 1 rings (SSSR count). The maximum absolute atomic E-state index is 6.37. The molecule has 0 aliphatic heterocycles. The fraction of sp³-hybridized carbons (Fsp3) is 0.652. The van der Waals surface area contributed by atoms with E-state index in [0.717, 1.165) is 32.4 Å². The van der Waals surface area contributed by atoms with Gasteiger partial charge in [0.25, 0.3) is 0 Å². The van der Waals surface area contributed by atoms with E-state index in [2.05, 4.69) is 90.3 Å². The summed E-state index contributed by atoms with van der Waals surface area (Å²) in [5.74, 6) is 0. The van der Waals surface area contributed by atoms with E-state index in [1.807, 2.05) is 0 Å². The van der Waals surface area contributed by atoms with Crippen LogP contribution in [0.2, 0.25) is 18.1 Å². The molecule has 3 heteroatoms. The Labute approximate surface area is 163 Å². The van der Waals surface area contributed by atoms with Crippen LogP contribution in [0.25, 0.3) is 0 Å². The summed E-state index contributed by atoms with van der Waals surface area (Å²) in [6.07, 6.45) is 3.35. The minimum atomic E-state index is -1.68. The van der Waals surface area contributed by atoms with Crippen molar-refractivity contribution in [3.8, 4) is 0 Å². The normalized spacial score (nSPS) is 13.5. The lowest BCUT2D eigenvalue weighted by Gasteiger charge is -2.36. The van der Waals surface area contributed by atoms with Crippen molar-refractivity contribution in [1.82, 2.24) is 5.32 Å². The molecule has 1 N–H and O–H groups in total. The van der Waals surface area contributed by atoms with Gasteiger partial charge in [0.2, 0.25) is 0 Å². The van der Waals surface area contributed by atoms with Crippen molar-refractivity contribution in [2.75, 3.05) is 13.2 Å². The quantitative estimate of drug-likeness (QED) is 0.274. The first-order chi connectivity index (χ1) is 12.2. The van der Waals surface area contributed by atoms with Crippen molar-refractivity contribution >= 4 is 8.32 Å². The molecule has 0 unspecified atom stereocenters. The van der Waals surface area contributed by atoms with Crippen LogP contribution in [0.3, 0.4) is 0 Å². The lowest BCUT2D eigenvalue weighted by molar-refractivity contribution is 0.281. The Hall–Kier alpha value is -0.903. The van der Waals surface area contributed by atoms with Gasteiger partial charge in [-0.2, -0.15) is 0 Å². The first-order valence-electron chi connectivity index (χ1n) is 10.3. The van der Waals surface area contributed by atoms with Crippen LogP contribution in [0.15, 0.2) is 41.5 Å². The molecule has 2 nitrogen and oxygen atoms in total. The highest BCUT2D eigenvalue weighted by molar-refractivity contribution is 6.74. The summed E-state index contributed by atoms with van der Waals surface area (Å²) in [5.41, 5.74) is 4.49. The highest BCUT2D eigenvalue weighted by atomic mass is 28.4. The van der Waals surface area contributed by atoms with Gasteiger partial charge in [-0.15, -0.1) is 0 Å². The molecular formula is C23H41NOSi. The molecule has 0 bridgehead atoms. The third-order valence-electron chi connectivity index (χ3n) is 5.89. The van der Waals surface area contributed by atoms with Gasteiger partial charge in [-0.3, -0.25) is 0 Å². The Kier molecular flexibility index (Phi) is 9.29. The first-order valence-corrected chi connectivity index (χ1v) is 13.2. The van der Waals surface area contributed by atoms with Crippen molar-refractivity contribution in [3.63, 3.8) is 0 Å². The number of rotatable bonds is 10. The van der Waals surface area contributed by atoms with Crippen LogP contribution in [-0.4, -0.2) is 21.5 Å². The second-order valence-electron chi connectivity index (χ2n) is 8.60. The zero-order valence-electron chi connectivity index (χ0n) is 18.4. The largest absolute Gasteiger partial charge is 0.416 e. The predicted molar refractivity (Wildman–Crippen MR) is 118 cm³/mol. The molecule has 0 heterocycles. The smallest absolute Gasteiger partial charge is 0.192 e. The van der Waals surface area contributed by atoms with Crippen molar-refractivity contribution in [2.45, 2.75) is 85.0 Å². The molecule has 1 aromatic carbocycles. The van der Waals surface area contributed by atoms with Crippen LogP contribution in [0.4, 0.5) is 0 Å². The number of allylic oxidation sites excluding steroid dienone is 1. The van der Waals surface area contributed by atoms with Gasteiger partial charge in [-0.05, 0) is 48.5 Å². The number of hydrogen-bond acceptors (Lipinski definition) is 2. The summed E-state index contributed by atoms with van der Waals surface area (Å²) >= 11 is 0. The molecule has 0 aliphatic carbocycles. The summed E-state index contributed by atoms with van der Waals surface area (Å²) in [6, 6.07) is 11.1. The SMILES string of the molecule is CCC(CC)=C(CC)[C@@H](NCCO[Si](C)(C)C(C)(C)C)c1ccccc1. The van der Waals surface area contributed by atoms with E-state index in [0.29, 0.717) is 6.04 Å². The fourth-order valence-corrected chi connectivity index (χ4v) is 4.22.